The lowest BCUT2D eigenvalue weighted by Crippen LogP contribution is -2.10. The molecule has 0 aliphatic heterocycles. The fourth-order valence-electron chi connectivity index (χ4n) is 1.60. The molecule has 0 aliphatic carbocycles. The SMILES string of the molecule is CCSCCC(O)c1c(OC)cnn1CC. The van der Waals surface area contributed by atoms with E-state index in [1.807, 2.05) is 18.7 Å². The largest absolute Gasteiger partial charge is 0.493 e. The predicted octanol–water partition coefficient (Wildman–Crippen LogP) is 2.09. The van der Waals surface area contributed by atoms with E-state index in [2.05, 4.69) is 12.0 Å². The van der Waals surface area contributed by atoms with Crippen molar-refractivity contribution >= 4 is 11.8 Å². The first-order chi connectivity index (χ1) is 7.74. The van der Waals surface area contributed by atoms with E-state index in [1.54, 1.807) is 18.0 Å². The van der Waals surface area contributed by atoms with Gasteiger partial charge >= 0.3 is 0 Å². The van der Waals surface area contributed by atoms with Crippen LogP contribution in [0.5, 0.6) is 5.75 Å². The molecule has 0 aliphatic rings. The summed E-state index contributed by atoms with van der Waals surface area (Å²) in [6.07, 6.45) is 1.91. The van der Waals surface area contributed by atoms with Crippen molar-refractivity contribution in [2.24, 2.45) is 0 Å². The molecule has 0 fully saturated rings. The molecular weight excluding hydrogens is 224 g/mol. The van der Waals surface area contributed by atoms with Crippen LogP contribution in [0.4, 0.5) is 0 Å². The van der Waals surface area contributed by atoms with Crippen molar-refractivity contribution in [3.63, 3.8) is 0 Å². The third kappa shape index (κ3) is 3.15. The summed E-state index contributed by atoms with van der Waals surface area (Å²) in [4.78, 5) is 0. The number of aliphatic hydroxyl groups excluding tert-OH is 1. The number of hydrogen-bond acceptors (Lipinski definition) is 4. The van der Waals surface area contributed by atoms with Crippen LogP contribution in [-0.2, 0) is 6.54 Å². The van der Waals surface area contributed by atoms with Gasteiger partial charge in [0, 0.05) is 6.54 Å². The minimum absolute atomic E-state index is 0.489. The highest BCUT2D eigenvalue weighted by Crippen LogP contribution is 2.27. The summed E-state index contributed by atoms with van der Waals surface area (Å²) in [7, 11) is 1.61. The normalized spacial score (nSPS) is 12.8. The summed E-state index contributed by atoms with van der Waals surface area (Å²) in [5, 5.41) is 14.3. The van der Waals surface area contributed by atoms with E-state index < -0.39 is 6.10 Å². The molecule has 0 radical (unpaired) electrons. The van der Waals surface area contributed by atoms with Crippen LogP contribution in [0.15, 0.2) is 6.20 Å². The first kappa shape index (κ1) is 13.4. The van der Waals surface area contributed by atoms with E-state index in [0.717, 1.165) is 30.2 Å². The second kappa shape index (κ2) is 6.81. The van der Waals surface area contributed by atoms with E-state index in [4.69, 9.17) is 4.74 Å². The summed E-state index contributed by atoms with van der Waals surface area (Å²) in [6, 6.07) is 0. The number of methoxy groups -OCH3 is 1. The number of aryl methyl sites for hydroxylation is 1. The van der Waals surface area contributed by atoms with Gasteiger partial charge in [-0.2, -0.15) is 16.9 Å². The molecular formula is C11H20N2O2S. The zero-order valence-electron chi connectivity index (χ0n) is 10.1. The molecule has 1 heterocycles. The molecule has 1 rings (SSSR count). The van der Waals surface area contributed by atoms with Gasteiger partial charge in [-0.05, 0) is 24.9 Å². The Morgan fingerprint density at radius 3 is 2.88 bits per heavy atom. The maximum atomic E-state index is 10.1. The van der Waals surface area contributed by atoms with Crippen molar-refractivity contribution in [1.82, 2.24) is 9.78 Å². The Morgan fingerprint density at radius 2 is 2.31 bits per heavy atom. The predicted molar refractivity (Wildman–Crippen MR) is 67.0 cm³/mol. The Morgan fingerprint density at radius 1 is 1.56 bits per heavy atom. The Labute approximate surface area is 101 Å². The number of thioether (sulfide) groups is 1. The van der Waals surface area contributed by atoms with Crippen molar-refractivity contribution in [2.75, 3.05) is 18.6 Å². The third-order valence-electron chi connectivity index (χ3n) is 2.42. The first-order valence-electron chi connectivity index (χ1n) is 5.60. The average Bonchev–Trinajstić information content (AvgIpc) is 2.71. The van der Waals surface area contributed by atoms with Crippen LogP contribution >= 0.6 is 11.8 Å². The topological polar surface area (TPSA) is 47.3 Å². The van der Waals surface area contributed by atoms with Crippen molar-refractivity contribution in [1.29, 1.82) is 0 Å². The van der Waals surface area contributed by atoms with Crippen molar-refractivity contribution in [3.8, 4) is 5.75 Å². The smallest absolute Gasteiger partial charge is 0.162 e. The minimum Gasteiger partial charge on any atom is -0.493 e. The van der Waals surface area contributed by atoms with Gasteiger partial charge in [0.2, 0.25) is 0 Å². The molecule has 0 spiro atoms. The number of aromatic nitrogens is 2. The summed E-state index contributed by atoms with van der Waals surface area (Å²) in [5.74, 6) is 2.71. The van der Waals surface area contributed by atoms with Gasteiger partial charge < -0.3 is 9.84 Å². The lowest BCUT2D eigenvalue weighted by atomic mass is 10.2. The van der Waals surface area contributed by atoms with Crippen molar-refractivity contribution in [2.45, 2.75) is 32.9 Å². The molecule has 92 valence electrons. The van der Waals surface area contributed by atoms with Crippen molar-refractivity contribution < 1.29 is 9.84 Å². The fraction of sp³-hybridized carbons (Fsp3) is 0.727. The molecule has 16 heavy (non-hydrogen) atoms. The van der Waals surface area contributed by atoms with Crippen LogP contribution in [-0.4, -0.2) is 33.5 Å². The zero-order chi connectivity index (χ0) is 12.0. The van der Waals surface area contributed by atoms with E-state index in [9.17, 15) is 5.11 Å². The van der Waals surface area contributed by atoms with Gasteiger partial charge in [0.25, 0.3) is 0 Å². The lowest BCUT2D eigenvalue weighted by Gasteiger charge is -2.13. The Bertz CT molecular complexity index is 293. The number of hydrogen-bond donors (Lipinski definition) is 1. The Kier molecular flexibility index (Phi) is 5.69. The number of ether oxygens (including phenoxy) is 1. The standard InChI is InChI=1S/C11H20N2O2S/c1-4-13-11(10(15-3)8-12-13)9(14)6-7-16-5-2/h8-9,14H,4-7H2,1-3H3. The minimum atomic E-state index is -0.489. The number of aliphatic hydroxyl groups is 1. The molecule has 0 aromatic carbocycles. The van der Waals surface area contributed by atoms with E-state index in [-0.39, 0.29) is 0 Å². The highest BCUT2D eigenvalue weighted by atomic mass is 32.2. The van der Waals surface area contributed by atoms with Crippen LogP contribution in [0, 0.1) is 0 Å². The molecule has 0 saturated heterocycles. The lowest BCUT2D eigenvalue weighted by molar-refractivity contribution is 0.159. The molecule has 1 unspecified atom stereocenters. The van der Waals surface area contributed by atoms with Gasteiger partial charge in [-0.25, -0.2) is 0 Å². The van der Waals surface area contributed by atoms with Gasteiger partial charge in [-0.15, -0.1) is 0 Å². The molecule has 1 atom stereocenters. The Balaban J connectivity index is 2.71. The molecule has 5 heteroatoms. The van der Waals surface area contributed by atoms with Crippen LogP contribution in [0.2, 0.25) is 0 Å². The average molecular weight is 244 g/mol. The molecule has 0 amide bonds. The maximum absolute atomic E-state index is 10.1. The molecule has 4 nitrogen and oxygen atoms in total. The first-order valence-corrected chi connectivity index (χ1v) is 6.75. The quantitative estimate of drug-likeness (QED) is 0.746. The Hall–Kier alpha value is -0.680. The third-order valence-corrected chi connectivity index (χ3v) is 3.35. The molecule has 1 aromatic heterocycles. The van der Waals surface area contributed by atoms with E-state index in [1.165, 1.54) is 0 Å². The van der Waals surface area contributed by atoms with E-state index in [0.29, 0.717) is 5.75 Å². The molecule has 0 saturated carbocycles. The van der Waals surface area contributed by atoms with Crippen LogP contribution in [0.1, 0.15) is 32.1 Å². The van der Waals surface area contributed by atoms with Gasteiger partial charge in [0.15, 0.2) is 5.75 Å². The van der Waals surface area contributed by atoms with Crippen LogP contribution < -0.4 is 4.74 Å². The van der Waals surface area contributed by atoms with Gasteiger partial charge in [-0.1, -0.05) is 6.92 Å². The summed E-state index contributed by atoms with van der Waals surface area (Å²) in [6.45, 7) is 4.87. The van der Waals surface area contributed by atoms with E-state index >= 15 is 0 Å². The maximum Gasteiger partial charge on any atom is 0.162 e. The number of nitrogens with zero attached hydrogens (tertiary/aromatic N) is 2. The second-order valence-electron chi connectivity index (χ2n) is 3.42. The van der Waals surface area contributed by atoms with Crippen molar-refractivity contribution in [3.05, 3.63) is 11.9 Å². The monoisotopic (exact) mass is 244 g/mol. The highest BCUT2D eigenvalue weighted by Gasteiger charge is 2.18. The van der Waals surface area contributed by atoms with Gasteiger partial charge in [0.1, 0.15) is 11.8 Å². The second-order valence-corrected chi connectivity index (χ2v) is 4.81. The summed E-state index contributed by atoms with van der Waals surface area (Å²) in [5.41, 5.74) is 0.793. The number of rotatable bonds is 7. The molecule has 1 aromatic rings. The fourth-order valence-corrected chi connectivity index (χ4v) is 2.28. The zero-order valence-corrected chi connectivity index (χ0v) is 11.0. The molecule has 1 N–H and O–H groups in total. The van der Waals surface area contributed by atoms with Gasteiger partial charge in [-0.3, -0.25) is 4.68 Å². The molecule has 0 bridgehead atoms. The highest BCUT2D eigenvalue weighted by molar-refractivity contribution is 7.99. The van der Waals surface area contributed by atoms with Crippen LogP contribution in [0.25, 0.3) is 0 Å². The van der Waals surface area contributed by atoms with Crippen LogP contribution in [0.3, 0.4) is 0 Å². The summed E-state index contributed by atoms with van der Waals surface area (Å²) >= 11 is 1.83. The summed E-state index contributed by atoms with van der Waals surface area (Å²) < 4.78 is 7.00. The van der Waals surface area contributed by atoms with Gasteiger partial charge in [0.05, 0.1) is 13.3 Å².